The van der Waals surface area contributed by atoms with Gasteiger partial charge >= 0.3 is 0 Å². The van der Waals surface area contributed by atoms with E-state index in [1.807, 2.05) is 6.07 Å². The van der Waals surface area contributed by atoms with Crippen molar-refractivity contribution in [3.63, 3.8) is 0 Å². The van der Waals surface area contributed by atoms with E-state index < -0.39 is 0 Å². The fourth-order valence-corrected chi connectivity index (χ4v) is 2.37. The lowest BCUT2D eigenvalue weighted by Gasteiger charge is -2.20. The van der Waals surface area contributed by atoms with E-state index in [2.05, 4.69) is 26.0 Å². The maximum Gasteiger partial charge on any atom is 0.119 e. The van der Waals surface area contributed by atoms with Gasteiger partial charge in [0.25, 0.3) is 0 Å². The Morgan fingerprint density at radius 3 is 2.61 bits per heavy atom. The summed E-state index contributed by atoms with van der Waals surface area (Å²) in [5.74, 6) is 1.50. The molecule has 18 heavy (non-hydrogen) atoms. The number of methoxy groups -OCH3 is 1. The van der Waals surface area contributed by atoms with E-state index in [-0.39, 0.29) is 12.5 Å². The number of hydrogen-bond donors (Lipinski definition) is 2. The van der Waals surface area contributed by atoms with Crippen molar-refractivity contribution in [1.29, 1.82) is 0 Å². The fraction of sp³-hybridized carbons (Fsp3) is 0.600. The van der Waals surface area contributed by atoms with Crippen LogP contribution in [0.2, 0.25) is 0 Å². The van der Waals surface area contributed by atoms with Gasteiger partial charge in [-0.25, -0.2) is 0 Å². The molecule has 0 bridgehead atoms. The predicted molar refractivity (Wildman–Crippen MR) is 75.0 cm³/mol. The molecule has 1 rings (SSSR count). The van der Waals surface area contributed by atoms with Crippen LogP contribution in [-0.4, -0.2) is 25.4 Å². The molecule has 3 nitrogen and oxygen atoms in total. The molecule has 102 valence electrons. The molecular formula is C15H25NO2. The molecule has 0 amide bonds. The Labute approximate surface area is 110 Å². The van der Waals surface area contributed by atoms with Crippen LogP contribution in [0.15, 0.2) is 18.2 Å². The average molecular weight is 251 g/mol. The highest BCUT2D eigenvalue weighted by Crippen LogP contribution is 2.29. The van der Waals surface area contributed by atoms with Crippen molar-refractivity contribution < 1.29 is 9.84 Å². The van der Waals surface area contributed by atoms with Crippen LogP contribution in [0, 0.1) is 5.92 Å². The first-order valence-corrected chi connectivity index (χ1v) is 6.63. The van der Waals surface area contributed by atoms with Gasteiger partial charge in [-0.2, -0.15) is 0 Å². The molecule has 0 spiro atoms. The van der Waals surface area contributed by atoms with E-state index in [4.69, 9.17) is 10.5 Å². The van der Waals surface area contributed by atoms with Gasteiger partial charge in [0, 0.05) is 6.61 Å². The standard InChI is InChI=1S/C15H25NO2/c1-4-13-8-14(18-3)5-6-15(13)11(2)7-12(9-16)10-17/h5-6,8,11-12,17H,4,7,9-10,16H2,1-3H3. The lowest BCUT2D eigenvalue weighted by Crippen LogP contribution is -2.20. The fourth-order valence-electron chi connectivity index (χ4n) is 2.37. The SMILES string of the molecule is CCc1cc(OC)ccc1C(C)CC(CN)CO. The van der Waals surface area contributed by atoms with E-state index in [1.54, 1.807) is 7.11 Å². The minimum absolute atomic E-state index is 0.165. The number of aryl methyl sites for hydroxylation is 1. The minimum atomic E-state index is 0.165. The lowest BCUT2D eigenvalue weighted by atomic mass is 9.87. The summed E-state index contributed by atoms with van der Waals surface area (Å²) in [6.07, 6.45) is 1.91. The summed E-state index contributed by atoms with van der Waals surface area (Å²) < 4.78 is 5.25. The Bertz CT molecular complexity index is 362. The third-order valence-electron chi connectivity index (χ3n) is 3.54. The summed E-state index contributed by atoms with van der Waals surface area (Å²) in [5.41, 5.74) is 8.30. The van der Waals surface area contributed by atoms with Gasteiger partial charge in [0.1, 0.15) is 5.75 Å². The van der Waals surface area contributed by atoms with Gasteiger partial charge in [-0.15, -0.1) is 0 Å². The summed E-state index contributed by atoms with van der Waals surface area (Å²) in [6, 6.07) is 6.23. The highest BCUT2D eigenvalue weighted by Gasteiger charge is 2.15. The number of hydrogen-bond acceptors (Lipinski definition) is 3. The third-order valence-corrected chi connectivity index (χ3v) is 3.54. The Balaban J connectivity index is 2.87. The molecule has 3 heteroatoms. The Hall–Kier alpha value is -1.06. The molecule has 0 radical (unpaired) electrons. The van der Waals surface area contributed by atoms with Gasteiger partial charge in [-0.05, 0) is 54.5 Å². The molecule has 2 atom stereocenters. The van der Waals surface area contributed by atoms with Crippen LogP contribution in [0.1, 0.15) is 37.3 Å². The van der Waals surface area contributed by atoms with Crippen LogP contribution < -0.4 is 10.5 Å². The highest BCUT2D eigenvalue weighted by molar-refractivity contribution is 5.37. The van der Waals surface area contributed by atoms with Crippen LogP contribution in [0.5, 0.6) is 5.75 Å². The van der Waals surface area contributed by atoms with E-state index >= 15 is 0 Å². The van der Waals surface area contributed by atoms with Crippen LogP contribution >= 0.6 is 0 Å². The zero-order valence-electron chi connectivity index (χ0n) is 11.6. The van der Waals surface area contributed by atoms with E-state index in [0.717, 1.165) is 18.6 Å². The van der Waals surface area contributed by atoms with Crippen LogP contribution in [0.4, 0.5) is 0 Å². The Morgan fingerprint density at radius 1 is 1.39 bits per heavy atom. The molecule has 2 unspecified atom stereocenters. The average Bonchev–Trinajstić information content (AvgIpc) is 2.43. The number of aliphatic hydroxyl groups excluding tert-OH is 1. The summed E-state index contributed by atoms with van der Waals surface area (Å²) in [4.78, 5) is 0. The minimum Gasteiger partial charge on any atom is -0.497 e. The van der Waals surface area contributed by atoms with E-state index in [0.29, 0.717) is 12.5 Å². The van der Waals surface area contributed by atoms with Gasteiger partial charge < -0.3 is 15.6 Å². The lowest BCUT2D eigenvalue weighted by molar-refractivity contribution is 0.217. The van der Waals surface area contributed by atoms with Gasteiger partial charge in [0.2, 0.25) is 0 Å². The molecule has 1 aromatic rings. The third kappa shape index (κ3) is 3.72. The molecule has 0 saturated carbocycles. The van der Waals surface area contributed by atoms with Crippen molar-refractivity contribution in [2.45, 2.75) is 32.6 Å². The molecule has 3 N–H and O–H groups in total. The zero-order valence-corrected chi connectivity index (χ0v) is 11.6. The number of benzene rings is 1. The largest absolute Gasteiger partial charge is 0.497 e. The van der Waals surface area contributed by atoms with Crippen LogP contribution in [0.3, 0.4) is 0 Å². The molecule has 0 aliphatic heterocycles. The van der Waals surface area contributed by atoms with Crippen molar-refractivity contribution in [3.05, 3.63) is 29.3 Å². The molecule has 0 heterocycles. The van der Waals surface area contributed by atoms with Crippen molar-refractivity contribution in [2.75, 3.05) is 20.3 Å². The maximum absolute atomic E-state index is 9.23. The second kappa shape index (κ2) is 7.39. The predicted octanol–water partition coefficient (Wildman–Crippen LogP) is 2.32. The first-order valence-electron chi connectivity index (χ1n) is 6.63. The summed E-state index contributed by atoms with van der Waals surface area (Å²) in [7, 11) is 1.69. The topological polar surface area (TPSA) is 55.5 Å². The summed E-state index contributed by atoms with van der Waals surface area (Å²) in [5, 5.41) is 9.23. The summed E-state index contributed by atoms with van der Waals surface area (Å²) in [6.45, 7) is 5.05. The molecular weight excluding hydrogens is 226 g/mol. The van der Waals surface area contributed by atoms with Crippen molar-refractivity contribution in [3.8, 4) is 5.75 Å². The van der Waals surface area contributed by atoms with Crippen molar-refractivity contribution >= 4 is 0 Å². The van der Waals surface area contributed by atoms with Gasteiger partial charge in [0.15, 0.2) is 0 Å². The quantitative estimate of drug-likeness (QED) is 0.782. The number of ether oxygens (including phenoxy) is 1. The Kier molecular flexibility index (Phi) is 6.16. The first kappa shape index (κ1) is 15.0. The van der Waals surface area contributed by atoms with Gasteiger partial charge in [0.05, 0.1) is 7.11 Å². The van der Waals surface area contributed by atoms with Gasteiger partial charge in [-0.3, -0.25) is 0 Å². The van der Waals surface area contributed by atoms with Crippen LogP contribution in [-0.2, 0) is 6.42 Å². The second-order valence-corrected chi connectivity index (χ2v) is 4.84. The number of aliphatic hydroxyl groups is 1. The molecule has 0 fully saturated rings. The number of nitrogens with two attached hydrogens (primary N) is 1. The normalized spacial score (nSPS) is 14.3. The van der Waals surface area contributed by atoms with E-state index in [1.165, 1.54) is 11.1 Å². The molecule has 0 aromatic heterocycles. The monoisotopic (exact) mass is 251 g/mol. The van der Waals surface area contributed by atoms with E-state index in [9.17, 15) is 5.11 Å². The smallest absolute Gasteiger partial charge is 0.119 e. The van der Waals surface area contributed by atoms with Crippen molar-refractivity contribution in [2.24, 2.45) is 11.7 Å². The van der Waals surface area contributed by atoms with Crippen LogP contribution in [0.25, 0.3) is 0 Å². The molecule has 0 aliphatic rings. The van der Waals surface area contributed by atoms with Crippen molar-refractivity contribution in [1.82, 2.24) is 0 Å². The van der Waals surface area contributed by atoms with Gasteiger partial charge in [-0.1, -0.05) is 19.9 Å². The zero-order chi connectivity index (χ0) is 13.5. The molecule has 1 aromatic carbocycles. The Morgan fingerprint density at radius 2 is 2.11 bits per heavy atom. The highest BCUT2D eigenvalue weighted by atomic mass is 16.5. The summed E-state index contributed by atoms with van der Waals surface area (Å²) >= 11 is 0. The molecule has 0 saturated heterocycles. The first-order chi connectivity index (χ1) is 8.65. The maximum atomic E-state index is 9.23. The second-order valence-electron chi connectivity index (χ2n) is 4.84. The number of rotatable bonds is 7. The molecule has 0 aliphatic carbocycles.